The van der Waals surface area contributed by atoms with Crippen molar-refractivity contribution in [2.75, 3.05) is 5.32 Å². The Bertz CT molecular complexity index is 521. The Morgan fingerprint density at radius 3 is 2.47 bits per heavy atom. The van der Waals surface area contributed by atoms with Crippen LogP contribution in [0.2, 0.25) is 10.0 Å². The lowest BCUT2D eigenvalue weighted by molar-refractivity contribution is 0.475. The summed E-state index contributed by atoms with van der Waals surface area (Å²) in [5.41, 5.74) is 0.646. The summed E-state index contributed by atoms with van der Waals surface area (Å²) in [6.07, 6.45) is 0. The topological polar surface area (TPSA) is 51.0 Å². The third-order valence-electron chi connectivity index (χ3n) is 1.99. The fraction of sp³-hybridized carbons (Fsp3) is 0.200. The quantitative estimate of drug-likeness (QED) is 0.918. The lowest BCUT2D eigenvalue weighted by Gasteiger charge is -2.08. The Labute approximate surface area is 116 Å². The van der Waals surface area contributed by atoms with Gasteiger partial charge >= 0.3 is 0 Å². The summed E-state index contributed by atoms with van der Waals surface area (Å²) in [6, 6.07) is 3.52. The molecule has 17 heavy (non-hydrogen) atoms. The van der Waals surface area contributed by atoms with Gasteiger partial charge in [-0.15, -0.1) is 10.2 Å². The molecule has 0 unspecified atom stereocenters. The van der Waals surface area contributed by atoms with Gasteiger partial charge in [0, 0.05) is 11.4 Å². The molecular formula is C10H8BrCl2N3O. The second-order valence-electron chi connectivity index (χ2n) is 3.31. The number of hydrogen-bond donors (Lipinski definition) is 1. The molecule has 0 aliphatic heterocycles. The molecule has 4 nitrogen and oxygen atoms in total. The number of halogens is 3. The summed E-state index contributed by atoms with van der Waals surface area (Å²) in [5.74, 6) is 1.01. The first kappa shape index (κ1) is 12.7. The Kier molecular flexibility index (Phi) is 3.91. The molecule has 90 valence electrons. The van der Waals surface area contributed by atoms with Crippen LogP contribution in [0.5, 0.6) is 0 Å². The van der Waals surface area contributed by atoms with Crippen molar-refractivity contribution >= 4 is 44.8 Å². The Hall–Kier alpha value is -0.780. The molecule has 0 atom stereocenters. The molecule has 0 radical (unpaired) electrons. The molecule has 0 aliphatic rings. The van der Waals surface area contributed by atoms with Crippen molar-refractivity contribution in [1.29, 1.82) is 0 Å². The average Bonchev–Trinajstić information content (AvgIpc) is 2.62. The van der Waals surface area contributed by atoms with Crippen molar-refractivity contribution in [1.82, 2.24) is 10.2 Å². The molecule has 0 saturated heterocycles. The summed E-state index contributed by atoms with van der Waals surface area (Å²) >= 11 is 15.4. The van der Waals surface area contributed by atoms with Crippen molar-refractivity contribution in [3.05, 3.63) is 38.4 Å². The second kappa shape index (κ2) is 5.25. The number of rotatable bonds is 3. The summed E-state index contributed by atoms with van der Waals surface area (Å²) in [5, 5.41) is 11.7. The summed E-state index contributed by atoms with van der Waals surface area (Å²) in [4.78, 5) is 0. The van der Waals surface area contributed by atoms with E-state index in [-0.39, 0.29) is 0 Å². The van der Waals surface area contributed by atoms with Gasteiger partial charge < -0.3 is 9.73 Å². The van der Waals surface area contributed by atoms with Gasteiger partial charge in [0.2, 0.25) is 11.8 Å². The first-order chi connectivity index (χ1) is 8.06. The van der Waals surface area contributed by atoms with E-state index in [9.17, 15) is 0 Å². The molecule has 1 aromatic heterocycles. The van der Waals surface area contributed by atoms with E-state index in [0.717, 1.165) is 4.47 Å². The van der Waals surface area contributed by atoms with Gasteiger partial charge in [-0.3, -0.25) is 0 Å². The fourth-order valence-electron chi connectivity index (χ4n) is 1.28. The van der Waals surface area contributed by atoms with E-state index in [0.29, 0.717) is 34.1 Å². The molecule has 2 aromatic rings. The predicted octanol–water partition coefficient (Wildman–Crippen LogP) is 4.06. The molecule has 1 N–H and O–H groups in total. The Morgan fingerprint density at radius 1 is 1.29 bits per heavy atom. The number of hydrogen-bond acceptors (Lipinski definition) is 4. The summed E-state index contributed by atoms with van der Waals surface area (Å²) in [6.45, 7) is 2.11. The number of benzene rings is 1. The highest BCUT2D eigenvalue weighted by atomic mass is 79.9. The van der Waals surface area contributed by atoms with E-state index in [4.69, 9.17) is 27.6 Å². The van der Waals surface area contributed by atoms with Crippen molar-refractivity contribution in [3.8, 4) is 0 Å². The minimum Gasteiger partial charge on any atom is -0.424 e. The van der Waals surface area contributed by atoms with Crippen molar-refractivity contribution in [2.24, 2.45) is 0 Å². The zero-order valence-electron chi connectivity index (χ0n) is 8.80. The Balaban J connectivity index is 2.14. The molecule has 7 heteroatoms. The second-order valence-corrected chi connectivity index (χ2v) is 5.04. The molecule has 1 aromatic carbocycles. The van der Waals surface area contributed by atoms with Gasteiger partial charge in [-0.05, 0) is 12.1 Å². The van der Waals surface area contributed by atoms with Gasteiger partial charge in [0.05, 0.1) is 22.3 Å². The highest BCUT2D eigenvalue weighted by molar-refractivity contribution is 9.10. The molecular weight excluding hydrogens is 329 g/mol. The van der Waals surface area contributed by atoms with Gasteiger partial charge in [0.15, 0.2) is 0 Å². The third kappa shape index (κ3) is 3.12. The van der Waals surface area contributed by atoms with Crippen LogP contribution in [0, 0.1) is 6.92 Å². The van der Waals surface area contributed by atoms with E-state index >= 15 is 0 Å². The van der Waals surface area contributed by atoms with Crippen molar-refractivity contribution in [2.45, 2.75) is 13.5 Å². The zero-order chi connectivity index (χ0) is 12.4. The van der Waals surface area contributed by atoms with E-state index in [1.165, 1.54) is 0 Å². The van der Waals surface area contributed by atoms with Crippen LogP contribution in [0.15, 0.2) is 21.0 Å². The maximum Gasteiger partial charge on any atom is 0.235 e. The first-order valence-electron chi connectivity index (χ1n) is 4.73. The lowest BCUT2D eigenvalue weighted by Crippen LogP contribution is -2.01. The van der Waals surface area contributed by atoms with Crippen LogP contribution >= 0.6 is 39.1 Å². The monoisotopic (exact) mass is 335 g/mol. The lowest BCUT2D eigenvalue weighted by atomic mass is 10.3. The normalized spacial score (nSPS) is 10.6. The van der Waals surface area contributed by atoms with Gasteiger partial charge in [0.25, 0.3) is 0 Å². The van der Waals surface area contributed by atoms with Crippen molar-refractivity contribution in [3.63, 3.8) is 0 Å². The summed E-state index contributed by atoms with van der Waals surface area (Å²) in [7, 11) is 0. The third-order valence-corrected chi connectivity index (χ3v) is 3.05. The maximum absolute atomic E-state index is 6.06. The molecule has 2 rings (SSSR count). The number of aryl methyl sites for hydroxylation is 1. The molecule has 0 fully saturated rings. The molecule has 0 spiro atoms. The minimum absolute atomic E-state index is 0.377. The van der Waals surface area contributed by atoms with Gasteiger partial charge in [-0.25, -0.2) is 0 Å². The minimum atomic E-state index is 0.377. The van der Waals surface area contributed by atoms with Gasteiger partial charge in [0.1, 0.15) is 0 Å². The number of nitrogens with one attached hydrogen (secondary N) is 1. The largest absolute Gasteiger partial charge is 0.424 e. The smallest absolute Gasteiger partial charge is 0.235 e. The maximum atomic E-state index is 6.06. The van der Waals surface area contributed by atoms with Gasteiger partial charge in [-0.2, -0.15) is 0 Å². The van der Waals surface area contributed by atoms with Crippen LogP contribution in [0.3, 0.4) is 0 Å². The van der Waals surface area contributed by atoms with Crippen LogP contribution in [0.25, 0.3) is 0 Å². The molecule has 0 aliphatic carbocycles. The fourth-order valence-corrected chi connectivity index (χ4v) is 2.63. The van der Waals surface area contributed by atoms with Crippen LogP contribution < -0.4 is 5.32 Å². The molecule has 0 amide bonds. The van der Waals surface area contributed by atoms with Crippen LogP contribution in [0.1, 0.15) is 11.8 Å². The highest BCUT2D eigenvalue weighted by Gasteiger charge is 2.09. The van der Waals surface area contributed by atoms with Crippen LogP contribution in [-0.2, 0) is 6.54 Å². The number of nitrogens with zero attached hydrogens (tertiary/aromatic N) is 2. The Morgan fingerprint density at radius 2 is 1.94 bits per heavy atom. The molecule has 0 bridgehead atoms. The predicted molar refractivity (Wildman–Crippen MR) is 70.5 cm³/mol. The standard InChI is InChI=1S/C10H8BrCl2N3O/c1-5-15-16-9(17-5)4-14-10-7(12)2-6(11)3-8(10)13/h2-3,14H,4H2,1H3. The van der Waals surface area contributed by atoms with E-state index in [1.807, 2.05) is 0 Å². The average molecular weight is 337 g/mol. The van der Waals surface area contributed by atoms with Crippen LogP contribution in [0.4, 0.5) is 5.69 Å². The van der Waals surface area contributed by atoms with E-state index in [1.54, 1.807) is 19.1 Å². The van der Waals surface area contributed by atoms with E-state index in [2.05, 4.69) is 31.4 Å². The van der Waals surface area contributed by atoms with Crippen LogP contribution in [-0.4, -0.2) is 10.2 Å². The number of anilines is 1. The highest BCUT2D eigenvalue weighted by Crippen LogP contribution is 2.33. The SMILES string of the molecule is Cc1nnc(CNc2c(Cl)cc(Br)cc2Cl)o1. The molecule has 1 heterocycles. The van der Waals surface area contributed by atoms with E-state index < -0.39 is 0 Å². The zero-order valence-corrected chi connectivity index (χ0v) is 11.9. The first-order valence-corrected chi connectivity index (χ1v) is 6.28. The van der Waals surface area contributed by atoms with Crippen molar-refractivity contribution < 1.29 is 4.42 Å². The molecule has 0 saturated carbocycles. The number of aromatic nitrogens is 2. The van der Waals surface area contributed by atoms with Gasteiger partial charge in [-0.1, -0.05) is 39.1 Å². The summed E-state index contributed by atoms with van der Waals surface area (Å²) < 4.78 is 6.05.